The Morgan fingerprint density at radius 2 is 2.00 bits per heavy atom. The Bertz CT molecular complexity index is 110. The van der Waals surface area contributed by atoms with Crippen LogP contribution in [0.15, 0.2) is 0 Å². The second-order valence-electron chi connectivity index (χ2n) is 2.70. The fourth-order valence-corrected chi connectivity index (χ4v) is 0.772. The molecule has 0 aromatic carbocycles. The van der Waals surface area contributed by atoms with E-state index in [2.05, 4.69) is 18.6 Å². The summed E-state index contributed by atoms with van der Waals surface area (Å²) in [6.45, 7) is 6.03. The molecule has 0 radical (unpaired) electrons. The van der Waals surface area contributed by atoms with E-state index in [1.54, 1.807) is 0 Å². The Kier molecular flexibility index (Phi) is 4.08. The predicted molar refractivity (Wildman–Crippen MR) is 40.6 cm³/mol. The zero-order chi connectivity index (χ0) is 8.15. The minimum Gasteiger partial charge on any atom is -0.469 e. The van der Waals surface area contributed by atoms with Crippen LogP contribution in [0.2, 0.25) is 0 Å². The molecular formula is C8H16O2. The average molecular weight is 144 g/mol. The van der Waals surface area contributed by atoms with Crippen molar-refractivity contribution >= 4 is 5.97 Å². The molecule has 0 rings (SSSR count). The predicted octanol–water partition coefficient (Wildman–Crippen LogP) is 1.84. The Morgan fingerprint density at radius 1 is 1.50 bits per heavy atom. The van der Waals surface area contributed by atoms with Crippen LogP contribution in [0.5, 0.6) is 0 Å². The first kappa shape index (κ1) is 9.47. The van der Waals surface area contributed by atoms with Gasteiger partial charge < -0.3 is 4.74 Å². The zero-order valence-corrected chi connectivity index (χ0v) is 7.18. The van der Waals surface area contributed by atoms with Crippen molar-refractivity contribution in [3.8, 4) is 0 Å². The molecule has 0 spiro atoms. The van der Waals surface area contributed by atoms with Gasteiger partial charge in [0.1, 0.15) is 0 Å². The molecule has 0 aliphatic carbocycles. The van der Waals surface area contributed by atoms with E-state index < -0.39 is 0 Å². The fourth-order valence-electron chi connectivity index (χ4n) is 0.772. The summed E-state index contributed by atoms with van der Waals surface area (Å²) in [4.78, 5) is 10.9. The van der Waals surface area contributed by atoms with Crippen LogP contribution >= 0.6 is 0 Å². The van der Waals surface area contributed by atoms with Crippen LogP contribution < -0.4 is 0 Å². The summed E-state index contributed by atoms with van der Waals surface area (Å²) in [6.07, 6.45) is 1.02. The fraction of sp³-hybridized carbons (Fsp3) is 0.875. The lowest BCUT2D eigenvalue weighted by molar-refractivity contribution is -0.146. The van der Waals surface area contributed by atoms with E-state index in [0.29, 0.717) is 5.92 Å². The van der Waals surface area contributed by atoms with E-state index in [9.17, 15) is 4.79 Å². The minimum atomic E-state index is -0.102. The van der Waals surface area contributed by atoms with Gasteiger partial charge in [-0.25, -0.2) is 0 Å². The van der Waals surface area contributed by atoms with Gasteiger partial charge in [0.05, 0.1) is 13.0 Å². The Morgan fingerprint density at radius 3 is 2.30 bits per heavy atom. The van der Waals surface area contributed by atoms with E-state index in [-0.39, 0.29) is 11.9 Å². The van der Waals surface area contributed by atoms with E-state index >= 15 is 0 Å². The van der Waals surface area contributed by atoms with Gasteiger partial charge in [-0.2, -0.15) is 0 Å². The quantitative estimate of drug-likeness (QED) is 0.565. The first-order valence-electron chi connectivity index (χ1n) is 3.71. The Labute approximate surface area is 62.6 Å². The van der Waals surface area contributed by atoms with Crippen LogP contribution in [0, 0.1) is 11.8 Å². The number of hydrogen-bond donors (Lipinski definition) is 0. The van der Waals surface area contributed by atoms with Gasteiger partial charge in [-0.1, -0.05) is 27.2 Å². The maximum absolute atomic E-state index is 10.9. The summed E-state index contributed by atoms with van der Waals surface area (Å²) in [5, 5.41) is 0. The number of ether oxygens (including phenoxy) is 1. The molecular weight excluding hydrogens is 128 g/mol. The van der Waals surface area contributed by atoms with Crippen molar-refractivity contribution in [1.82, 2.24) is 0 Å². The summed E-state index contributed by atoms with van der Waals surface area (Å²) >= 11 is 0. The van der Waals surface area contributed by atoms with Crippen LogP contribution in [0.4, 0.5) is 0 Å². The number of methoxy groups -OCH3 is 1. The van der Waals surface area contributed by atoms with Gasteiger partial charge >= 0.3 is 5.97 Å². The molecule has 1 unspecified atom stereocenters. The molecule has 2 atom stereocenters. The molecule has 0 fully saturated rings. The Hall–Kier alpha value is -0.530. The van der Waals surface area contributed by atoms with Crippen molar-refractivity contribution in [3.63, 3.8) is 0 Å². The largest absolute Gasteiger partial charge is 0.469 e. The van der Waals surface area contributed by atoms with Gasteiger partial charge in [-0.15, -0.1) is 0 Å². The zero-order valence-electron chi connectivity index (χ0n) is 7.18. The second-order valence-corrected chi connectivity index (χ2v) is 2.70. The smallest absolute Gasteiger partial charge is 0.308 e. The average Bonchev–Trinajstić information content (AvgIpc) is 2.00. The number of carbonyl (C=O) groups excluding carboxylic acids is 1. The number of hydrogen-bond acceptors (Lipinski definition) is 2. The van der Waals surface area contributed by atoms with E-state index in [4.69, 9.17) is 0 Å². The highest BCUT2D eigenvalue weighted by molar-refractivity contribution is 5.72. The standard InChI is InChI=1S/C8H16O2/c1-5-6(2)7(3)8(9)10-4/h6-7H,5H2,1-4H3/t6?,7-/m1/s1. The van der Waals surface area contributed by atoms with Gasteiger partial charge in [0, 0.05) is 0 Å². The Balaban J connectivity index is 3.81. The first-order chi connectivity index (χ1) is 4.63. The topological polar surface area (TPSA) is 26.3 Å². The van der Waals surface area contributed by atoms with Crippen LogP contribution in [0.1, 0.15) is 27.2 Å². The highest BCUT2D eigenvalue weighted by atomic mass is 16.5. The molecule has 0 aromatic heterocycles. The molecule has 0 aliphatic rings. The third kappa shape index (κ3) is 2.38. The number of carbonyl (C=O) groups is 1. The van der Waals surface area contributed by atoms with Crippen molar-refractivity contribution in [2.45, 2.75) is 27.2 Å². The maximum atomic E-state index is 10.9. The number of rotatable bonds is 3. The lowest BCUT2D eigenvalue weighted by Gasteiger charge is -2.14. The van der Waals surface area contributed by atoms with Crippen molar-refractivity contribution < 1.29 is 9.53 Å². The number of esters is 1. The van der Waals surface area contributed by atoms with Gasteiger partial charge in [0.15, 0.2) is 0 Å². The lowest BCUT2D eigenvalue weighted by Crippen LogP contribution is -2.19. The summed E-state index contributed by atoms with van der Waals surface area (Å²) in [7, 11) is 1.43. The van der Waals surface area contributed by atoms with Crippen molar-refractivity contribution in [3.05, 3.63) is 0 Å². The molecule has 0 aliphatic heterocycles. The molecule has 0 saturated carbocycles. The molecule has 0 bridgehead atoms. The molecule has 0 N–H and O–H groups in total. The minimum absolute atomic E-state index is 0.0370. The van der Waals surface area contributed by atoms with Gasteiger partial charge in [0.25, 0.3) is 0 Å². The third-order valence-corrected chi connectivity index (χ3v) is 2.07. The molecule has 10 heavy (non-hydrogen) atoms. The summed E-state index contributed by atoms with van der Waals surface area (Å²) < 4.78 is 4.60. The van der Waals surface area contributed by atoms with Crippen molar-refractivity contribution in [2.75, 3.05) is 7.11 Å². The summed E-state index contributed by atoms with van der Waals surface area (Å²) in [5.41, 5.74) is 0. The third-order valence-electron chi connectivity index (χ3n) is 2.07. The molecule has 0 amide bonds. The van der Waals surface area contributed by atoms with E-state index in [0.717, 1.165) is 6.42 Å². The monoisotopic (exact) mass is 144 g/mol. The molecule has 60 valence electrons. The van der Waals surface area contributed by atoms with E-state index in [1.807, 2.05) is 6.92 Å². The van der Waals surface area contributed by atoms with Crippen molar-refractivity contribution in [2.24, 2.45) is 11.8 Å². The first-order valence-corrected chi connectivity index (χ1v) is 3.71. The molecule has 0 aromatic rings. The van der Waals surface area contributed by atoms with Crippen LogP contribution in [-0.4, -0.2) is 13.1 Å². The maximum Gasteiger partial charge on any atom is 0.308 e. The van der Waals surface area contributed by atoms with Crippen molar-refractivity contribution in [1.29, 1.82) is 0 Å². The normalized spacial score (nSPS) is 16.0. The highest BCUT2D eigenvalue weighted by Crippen LogP contribution is 2.15. The molecule has 2 heteroatoms. The van der Waals surface area contributed by atoms with Gasteiger partial charge in [-0.05, 0) is 5.92 Å². The lowest BCUT2D eigenvalue weighted by atomic mass is 9.94. The SMILES string of the molecule is CCC(C)[C@@H](C)C(=O)OC. The summed E-state index contributed by atoms with van der Waals surface area (Å²) in [5.74, 6) is 0.358. The second kappa shape index (κ2) is 4.31. The van der Waals surface area contributed by atoms with Crippen LogP contribution in [0.25, 0.3) is 0 Å². The van der Waals surface area contributed by atoms with Crippen LogP contribution in [0.3, 0.4) is 0 Å². The highest BCUT2D eigenvalue weighted by Gasteiger charge is 2.18. The molecule has 0 saturated heterocycles. The van der Waals surface area contributed by atoms with Crippen LogP contribution in [-0.2, 0) is 9.53 Å². The summed E-state index contributed by atoms with van der Waals surface area (Å²) in [6, 6.07) is 0. The molecule has 2 nitrogen and oxygen atoms in total. The van der Waals surface area contributed by atoms with E-state index in [1.165, 1.54) is 7.11 Å². The van der Waals surface area contributed by atoms with Gasteiger partial charge in [0.2, 0.25) is 0 Å². The molecule has 0 heterocycles. The van der Waals surface area contributed by atoms with Gasteiger partial charge in [-0.3, -0.25) is 4.79 Å².